The molecule has 0 saturated carbocycles. The highest BCUT2D eigenvalue weighted by molar-refractivity contribution is 7.80. The van der Waals surface area contributed by atoms with Crippen LogP contribution in [-0.4, -0.2) is 23.5 Å². The van der Waals surface area contributed by atoms with Gasteiger partial charge in [-0.25, -0.2) is 0 Å². The van der Waals surface area contributed by atoms with Gasteiger partial charge in [-0.2, -0.15) is 0 Å². The van der Waals surface area contributed by atoms with Crippen molar-refractivity contribution in [3.63, 3.8) is 0 Å². The fourth-order valence-corrected chi connectivity index (χ4v) is 3.35. The van der Waals surface area contributed by atoms with Crippen LogP contribution in [0.25, 0.3) is 0 Å². The summed E-state index contributed by atoms with van der Waals surface area (Å²) >= 11 is 5.28. The second kappa shape index (κ2) is 11.8. The number of carbonyl (C=O) groups is 2. The predicted molar refractivity (Wildman–Crippen MR) is 135 cm³/mol. The van der Waals surface area contributed by atoms with Crippen molar-refractivity contribution in [3.05, 3.63) is 95.6 Å². The molecule has 0 aliphatic carbocycles. The van der Waals surface area contributed by atoms with E-state index in [-0.39, 0.29) is 23.0 Å². The third-order valence-electron chi connectivity index (χ3n) is 4.87. The SMILES string of the molecule is CCCOc1ccccc1C(=O)NC(=S)Nc1ccc(C(=O)NC(C)c2ccccc2)cc1. The molecule has 0 saturated heterocycles. The van der Waals surface area contributed by atoms with E-state index in [4.69, 9.17) is 17.0 Å². The number of nitrogens with one attached hydrogen (secondary N) is 3. The number of para-hydroxylation sites is 1. The van der Waals surface area contributed by atoms with Gasteiger partial charge in [0.2, 0.25) is 0 Å². The summed E-state index contributed by atoms with van der Waals surface area (Å²) in [7, 11) is 0. The van der Waals surface area contributed by atoms with Gasteiger partial charge in [-0.15, -0.1) is 0 Å². The summed E-state index contributed by atoms with van der Waals surface area (Å²) in [5.74, 6) is -0.0117. The molecule has 0 aliphatic rings. The van der Waals surface area contributed by atoms with E-state index in [1.165, 1.54) is 0 Å². The quantitative estimate of drug-likeness (QED) is 0.407. The lowest BCUT2D eigenvalue weighted by molar-refractivity contribution is 0.0938. The van der Waals surface area contributed by atoms with Crippen LogP contribution in [-0.2, 0) is 0 Å². The Kier molecular flexibility index (Phi) is 8.55. The molecule has 170 valence electrons. The molecule has 33 heavy (non-hydrogen) atoms. The number of amides is 2. The van der Waals surface area contributed by atoms with Crippen LogP contribution in [0.2, 0.25) is 0 Å². The summed E-state index contributed by atoms with van der Waals surface area (Å²) in [6.45, 7) is 4.47. The highest BCUT2D eigenvalue weighted by atomic mass is 32.1. The van der Waals surface area contributed by atoms with Crippen LogP contribution >= 0.6 is 12.2 Å². The molecular weight excluding hydrogens is 434 g/mol. The molecule has 3 aromatic carbocycles. The molecule has 1 atom stereocenters. The fraction of sp³-hybridized carbons (Fsp3) is 0.192. The van der Waals surface area contributed by atoms with Gasteiger partial charge in [0.1, 0.15) is 5.75 Å². The molecule has 0 fully saturated rings. The molecule has 1 unspecified atom stereocenters. The molecule has 0 bridgehead atoms. The summed E-state index contributed by atoms with van der Waals surface area (Å²) in [4.78, 5) is 25.2. The van der Waals surface area contributed by atoms with E-state index < -0.39 is 0 Å². The van der Waals surface area contributed by atoms with Gasteiger partial charge < -0.3 is 15.4 Å². The second-order valence-electron chi connectivity index (χ2n) is 7.44. The van der Waals surface area contributed by atoms with Gasteiger partial charge in [-0.3, -0.25) is 14.9 Å². The first-order chi connectivity index (χ1) is 16.0. The second-order valence-corrected chi connectivity index (χ2v) is 7.84. The van der Waals surface area contributed by atoms with Gasteiger partial charge in [-0.1, -0.05) is 49.4 Å². The lowest BCUT2D eigenvalue weighted by atomic mass is 10.1. The first-order valence-corrected chi connectivity index (χ1v) is 11.2. The number of benzene rings is 3. The Morgan fingerprint density at radius 1 is 0.909 bits per heavy atom. The Balaban J connectivity index is 1.56. The van der Waals surface area contributed by atoms with Crippen LogP contribution in [0.5, 0.6) is 5.75 Å². The molecule has 3 rings (SSSR count). The Morgan fingerprint density at radius 2 is 1.58 bits per heavy atom. The molecule has 0 heterocycles. The van der Waals surface area contributed by atoms with E-state index in [0.29, 0.717) is 29.2 Å². The van der Waals surface area contributed by atoms with Gasteiger partial charge in [0.15, 0.2) is 5.11 Å². The lowest BCUT2D eigenvalue weighted by Crippen LogP contribution is -2.34. The minimum atomic E-state index is -0.356. The first-order valence-electron chi connectivity index (χ1n) is 10.8. The zero-order valence-electron chi connectivity index (χ0n) is 18.6. The van der Waals surface area contributed by atoms with Crippen LogP contribution < -0.4 is 20.7 Å². The maximum atomic E-state index is 12.6. The predicted octanol–water partition coefficient (Wildman–Crippen LogP) is 5.09. The van der Waals surface area contributed by atoms with Gasteiger partial charge in [0.05, 0.1) is 18.2 Å². The molecule has 2 amide bonds. The van der Waals surface area contributed by atoms with Crippen LogP contribution in [0.15, 0.2) is 78.9 Å². The van der Waals surface area contributed by atoms with Crippen LogP contribution in [0.3, 0.4) is 0 Å². The number of anilines is 1. The highest BCUT2D eigenvalue weighted by Crippen LogP contribution is 2.18. The Morgan fingerprint density at radius 3 is 2.27 bits per heavy atom. The number of rotatable bonds is 8. The Labute approximate surface area is 199 Å². The molecule has 0 aromatic heterocycles. The van der Waals surface area contributed by atoms with Crippen molar-refractivity contribution < 1.29 is 14.3 Å². The summed E-state index contributed by atoms with van der Waals surface area (Å²) in [5.41, 5.74) is 2.63. The first kappa shape index (κ1) is 23.9. The van der Waals surface area contributed by atoms with Crippen molar-refractivity contribution >= 4 is 34.8 Å². The number of hydrogen-bond acceptors (Lipinski definition) is 4. The van der Waals surface area contributed by atoms with Crippen LogP contribution in [0.4, 0.5) is 5.69 Å². The average Bonchev–Trinajstić information content (AvgIpc) is 2.83. The maximum absolute atomic E-state index is 12.6. The monoisotopic (exact) mass is 461 g/mol. The molecule has 0 aliphatic heterocycles. The molecule has 3 aromatic rings. The van der Waals surface area contributed by atoms with Gasteiger partial charge in [0.25, 0.3) is 11.8 Å². The number of carbonyl (C=O) groups excluding carboxylic acids is 2. The zero-order chi connectivity index (χ0) is 23.6. The highest BCUT2D eigenvalue weighted by Gasteiger charge is 2.14. The molecule has 0 spiro atoms. The Hall–Kier alpha value is -3.71. The van der Waals surface area contributed by atoms with E-state index in [0.717, 1.165) is 12.0 Å². The van der Waals surface area contributed by atoms with Crippen molar-refractivity contribution in [2.24, 2.45) is 0 Å². The molecule has 0 radical (unpaired) electrons. The summed E-state index contributed by atoms with van der Waals surface area (Å²) in [6, 6.07) is 23.6. The van der Waals surface area contributed by atoms with E-state index in [1.807, 2.05) is 50.2 Å². The smallest absolute Gasteiger partial charge is 0.261 e. The zero-order valence-corrected chi connectivity index (χ0v) is 19.4. The van der Waals surface area contributed by atoms with Crippen molar-refractivity contribution in [1.82, 2.24) is 10.6 Å². The van der Waals surface area contributed by atoms with Crippen molar-refractivity contribution in [1.29, 1.82) is 0 Å². The summed E-state index contributed by atoms with van der Waals surface area (Å²) in [5, 5.41) is 8.77. The normalized spacial score (nSPS) is 11.2. The number of hydrogen-bond donors (Lipinski definition) is 3. The Bertz CT molecular complexity index is 1100. The van der Waals surface area contributed by atoms with Gasteiger partial charge in [0, 0.05) is 11.3 Å². The molecule has 3 N–H and O–H groups in total. The minimum absolute atomic E-state index is 0.108. The third-order valence-corrected chi connectivity index (χ3v) is 5.08. The third kappa shape index (κ3) is 6.89. The topological polar surface area (TPSA) is 79.5 Å². The van der Waals surface area contributed by atoms with Crippen LogP contribution in [0, 0.1) is 0 Å². The van der Waals surface area contributed by atoms with Gasteiger partial charge in [-0.05, 0) is 67.5 Å². The number of ether oxygens (including phenoxy) is 1. The fourth-order valence-electron chi connectivity index (χ4n) is 3.13. The van der Waals surface area contributed by atoms with Gasteiger partial charge >= 0.3 is 0 Å². The maximum Gasteiger partial charge on any atom is 0.261 e. The molecular formula is C26H27N3O3S. The van der Waals surface area contributed by atoms with E-state index in [9.17, 15) is 9.59 Å². The largest absolute Gasteiger partial charge is 0.493 e. The lowest BCUT2D eigenvalue weighted by Gasteiger charge is -2.15. The molecule has 7 heteroatoms. The van der Waals surface area contributed by atoms with Crippen LogP contribution in [0.1, 0.15) is 52.6 Å². The van der Waals surface area contributed by atoms with E-state index in [2.05, 4.69) is 16.0 Å². The van der Waals surface area contributed by atoms with E-state index >= 15 is 0 Å². The van der Waals surface area contributed by atoms with Crippen molar-refractivity contribution in [3.8, 4) is 5.75 Å². The summed E-state index contributed by atoms with van der Waals surface area (Å²) < 4.78 is 5.64. The van der Waals surface area contributed by atoms with E-state index in [1.54, 1.807) is 42.5 Å². The van der Waals surface area contributed by atoms with Crippen molar-refractivity contribution in [2.75, 3.05) is 11.9 Å². The average molecular weight is 462 g/mol. The molecule has 6 nitrogen and oxygen atoms in total. The van der Waals surface area contributed by atoms with Crippen molar-refractivity contribution in [2.45, 2.75) is 26.3 Å². The minimum Gasteiger partial charge on any atom is -0.493 e. The summed E-state index contributed by atoms with van der Waals surface area (Å²) in [6.07, 6.45) is 0.842. The standard InChI is InChI=1S/C26H27N3O3S/c1-3-17-32-23-12-8-7-11-22(23)25(31)29-26(33)28-21-15-13-20(14-16-21)24(30)27-18(2)19-9-5-4-6-10-19/h4-16,18H,3,17H2,1-2H3,(H,27,30)(H2,28,29,31,33). The number of thiocarbonyl (C=S) groups is 1.